The summed E-state index contributed by atoms with van der Waals surface area (Å²) in [5, 5.41) is 1.75. The zero-order chi connectivity index (χ0) is 17.2. The van der Waals surface area contributed by atoms with Crippen LogP contribution < -0.4 is 9.46 Å². The SMILES string of the molecule is COc1ccc(-c2nc(C(=O)NS(=O)(=O)C3CCCC3)cs2)cc1. The van der Waals surface area contributed by atoms with E-state index in [0.29, 0.717) is 17.8 Å². The lowest BCUT2D eigenvalue weighted by Gasteiger charge is -2.11. The number of methoxy groups -OCH3 is 1. The molecule has 0 bridgehead atoms. The molecule has 1 amide bonds. The fourth-order valence-corrected chi connectivity index (χ4v) is 5.00. The van der Waals surface area contributed by atoms with E-state index >= 15 is 0 Å². The van der Waals surface area contributed by atoms with Crippen LogP contribution in [-0.4, -0.2) is 31.7 Å². The first-order chi connectivity index (χ1) is 11.5. The number of nitrogens with one attached hydrogen (secondary N) is 1. The molecule has 1 N–H and O–H groups in total. The minimum atomic E-state index is -3.62. The number of thiazole rings is 1. The van der Waals surface area contributed by atoms with E-state index in [2.05, 4.69) is 9.71 Å². The minimum absolute atomic E-state index is 0.118. The van der Waals surface area contributed by atoms with Gasteiger partial charge in [-0.3, -0.25) is 4.79 Å². The van der Waals surface area contributed by atoms with Crippen molar-refractivity contribution in [3.8, 4) is 16.3 Å². The van der Waals surface area contributed by atoms with Crippen LogP contribution >= 0.6 is 11.3 Å². The first-order valence-corrected chi connectivity index (χ1v) is 10.1. The molecule has 1 aliphatic rings. The molecule has 1 aromatic carbocycles. The molecule has 0 spiro atoms. The van der Waals surface area contributed by atoms with Crippen molar-refractivity contribution in [3.63, 3.8) is 0 Å². The molecular weight excluding hydrogens is 348 g/mol. The van der Waals surface area contributed by atoms with E-state index in [0.717, 1.165) is 24.2 Å². The lowest BCUT2D eigenvalue weighted by molar-refractivity contribution is 0.0977. The average molecular weight is 366 g/mol. The van der Waals surface area contributed by atoms with Gasteiger partial charge >= 0.3 is 0 Å². The largest absolute Gasteiger partial charge is 0.497 e. The fraction of sp³-hybridized carbons (Fsp3) is 0.375. The molecule has 128 valence electrons. The van der Waals surface area contributed by atoms with E-state index in [-0.39, 0.29) is 5.69 Å². The molecule has 1 aliphatic carbocycles. The molecule has 24 heavy (non-hydrogen) atoms. The van der Waals surface area contributed by atoms with Gasteiger partial charge in [0.1, 0.15) is 16.5 Å². The molecule has 8 heteroatoms. The number of hydrogen-bond acceptors (Lipinski definition) is 6. The van der Waals surface area contributed by atoms with E-state index in [1.807, 2.05) is 12.1 Å². The fourth-order valence-electron chi connectivity index (χ4n) is 2.71. The molecule has 1 saturated carbocycles. The first-order valence-electron chi connectivity index (χ1n) is 7.65. The van der Waals surface area contributed by atoms with Crippen molar-refractivity contribution < 1.29 is 17.9 Å². The summed E-state index contributed by atoms with van der Waals surface area (Å²) in [5.41, 5.74) is 0.964. The van der Waals surface area contributed by atoms with Crippen LogP contribution in [0.3, 0.4) is 0 Å². The summed E-state index contributed by atoms with van der Waals surface area (Å²) in [4.78, 5) is 16.4. The van der Waals surface area contributed by atoms with Gasteiger partial charge in [-0.1, -0.05) is 12.8 Å². The maximum Gasteiger partial charge on any atom is 0.284 e. The van der Waals surface area contributed by atoms with Gasteiger partial charge in [0.2, 0.25) is 10.0 Å². The highest BCUT2D eigenvalue weighted by Crippen LogP contribution is 2.27. The molecule has 1 fully saturated rings. The number of amides is 1. The first kappa shape index (κ1) is 16.9. The van der Waals surface area contributed by atoms with Gasteiger partial charge in [-0.25, -0.2) is 18.1 Å². The Bertz CT molecular complexity index is 822. The van der Waals surface area contributed by atoms with Crippen molar-refractivity contribution in [2.24, 2.45) is 0 Å². The van der Waals surface area contributed by atoms with Gasteiger partial charge in [-0.05, 0) is 37.1 Å². The zero-order valence-electron chi connectivity index (χ0n) is 13.2. The van der Waals surface area contributed by atoms with Gasteiger partial charge in [0.05, 0.1) is 12.4 Å². The molecule has 1 heterocycles. The quantitative estimate of drug-likeness (QED) is 0.879. The summed E-state index contributed by atoms with van der Waals surface area (Å²) < 4.78 is 31.6. The van der Waals surface area contributed by atoms with E-state index < -0.39 is 21.2 Å². The molecule has 1 aromatic heterocycles. The highest BCUT2D eigenvalue weighted by Gasteiger charge is 2.30. The molecule has 0 radical (unpaired) electrons. The molecule has 2 aromatic rings. The Kier molecular flexibility index (Phi) is 4.86. The predicted molar refractivity (Wildman–Crippen MR) is 92.7 cm³/mol. The molecule has 0 saturated heterocycles. The van der Waals surface area contributed by atoms with Gasteiger partial charge in [-0.2, -0.15) is 0 Å². The number of sulfonamides is 1. The summed E-state index contributed by atoms with van der Waals surface area (Å²) in [6, 6.07) is 7.30. The van der Waals surface area contributed by atoms with Gasteiger partial charge in [-0.15, -0.1) is 11.3 Å². The van der Waals surface area contributed by atoms with Crippen LogP contribution in [0.2, 0.25) is 0 Å². The van der Waals surface area contributed by atoms with Crippen LogP contribution in [0, 0.1) is 0 Å². The molecule has 6 nitrogen and oxygen atoms in total. The van der Waals surface area contributed by atoms with Crippen molar-refractivity contribution in [1.29, 1.82) is 0 Å². The van der Waals surface area contributed by atoms with Crippen LogP contribution in [0.1, 0.15) is 36.2 Å². The second-order valence-electron chi connectivity index (χ2n) is 5.65. The van der Waals surface area contributed by atoms with Crippen molar-refractivity contribution in [3.05, 3.63) is 35.3 Å². The normalized spacial score (nSPS) is 15.4. The monoisotopic (exact) mass is 366 g/mol. The van der Waals surface area contributed by atoms with Gasteiger partial charge < -0.3 is 4.74 Å². The smallest absolute Gasteiger partial charge is 0.284 e. The molecule has 0 atom stereocenters. The number of ether oxygens (including phenoxy) is 1. The molecule has 3 rings (SSSR count). The number of rotatable bonds is 5. The maximum atomic E-state index is 12.2. The summed E-state index contributed by atoms with van der Waals surface area (Å²) in [7, 11) is -2.03. The van der Waals surface area contributed by atoms with Crippen molar-refractivity contribution in [2.45, 2.75) is 30.9 Å². The van der Waals surface area contributed by atoms with Crippen molar-refractivity contribution >= 4 is 27.3 Å². The van der Waals surface area contributed by atoms with Crippen LogP contribution in [0.5, 0.6) is 5.75 Å². The Labute approximate surface area is 144 Å². The van der Waals surface area contributed by atoms with E-state index in [1.54, 1.807) is 24.6 Å². The molecular formula is C16H18N2O4S2. The number of carbonyl (C=O) groups excluding carboxylic acids is 1. The third-order valence-corrected chi connectivity index (χ3v) is 6.76. The Morgan fingerprint density at radius 1 is 1.25 bits per heavy atom. The Morgan fingerprint density at radius 3 is 2.54 bits per heavy atom. The summed E-state index contributed by atoms with van der Waals surface area (Å²) in [5.74, 6) is 0.0637. The number of nitrogens with zero attached hydrogens (tertiary/aromatic N) is 1. The maximum absolute atomic E-state index is 12.2. The van der Waals surface area contributed by atoms with Crippen LogP contribution in [0.25, 0.3) is 10.6 Å². The third-order valence-electron chi connectivity index (χ3n) is 4.05. The van der Waals surface area contributed by atoms with Gasteiger partial charge in [0.15, 0.2) is 0 Å². The van der Waals surface area contributed by atoms with Crippen LogP contribution in [-0.2, 0) is 10.0 Å². The average Bonchev–Trinajstić information content (AvgIpc) is 3.26. The summed E-state index contributed by atoms with van der Waals surface area (Å²) in [6.45, 7) is 0. The third kappa shape index (κ3) is 3.59. The standard InChI is InChI=1S/C16H18N2O4S2/c1-22-12-8-6-11(7-9-12)16-17-14(10-23-16)15(19)18-24(20,21)13-4-2-3-5-13/h6-10,13H,2-5H2,1H3,(H,18,19). The van der Waals surface area contributed by atoms with Crippen molar-refractivity contribution in [2.75, 3.05) is 7.11 Å². The zero-order valence-corrected chi connectivity index (χ0v) is 14.8. The Morgan fingerprint density at radius 2 is 1.92 bits per heavy atom. The van der Waals surface area contributed by atoms with Gasteiger partial charge in [0.25, 0.3) is 5.91 Å². The van der Waals surface area contributed by atoms with Crippen LogP contribution in [0.4, 0.5) is 0 Å². The highest BCUT2D eigenvalue weighted by atomic mass is 32.2. The lowest BCUT2D eigenvalue weighted by atomic mass is 10.2. The number of hydrogen-bond donors (Lipinski definition) is 1. The van der Waals surface area contributed by atoms with Gasteiger partial charge in [0, 0.05) is 10.9 Å². The summed E-state index contributed by atoms with van der Waals surface area (Å²) >= 11 is 1.30. The number of aromatic nitrogens is 1. The van der Waals surface area contributed by atoms with Crippen molar-refractivity contribution in [1.82, 2.24) is 9.71 Å². The Balaban J connectivity index is 1.73. The second-order valence-corrected chi connectivity index (χ2v) is 8.47. The second kappa shape index (κ2) is 6.90. The molecule has 0 aliphatic heterocycles. The molecule has 0 unspecified atom stereocenters. The minimum Gasteiger partial charge on any atom is -0.497 e. The highest BCUT2D eigenvalue weighted by molar-refractivity contribution is 7.90. The van der Waals surface area contributed by atoms with E-state index in [4.69, 9.17) is 4.74 Å². The van der Waals surface area contributed by atoms with Crippen LogP contribution in [0.15, 0.2) is 29.6 Å². The van der Waals surface area contributed by atoms with E-state index in [1.165, 1.54) is 11.3 Å². The Hall–Kier alpha value is -1.93. The number of benzene rings is 1. The topological polar surface area (TPSA) is 85.4 Å². The van der Waals surface area contributed by atoms with E-state index in [9.17, 15) is 13.2 Å². The predicted octanol–water partition coefficient (Wildman–Crippen LogP) is 2.82. The lowest BCUT2D eigenvalue weighted by Crippen LogP contribution is -2.37. The summed E-state index contributed by atoms with van der Waals surface area (Å²) in [6.07, 6.45) is 2.99. The number of carbonyl (C=O) groups is 1.